The average Bonchev–Trinajstić information content (AvgIpc) is 3.62. The normalized spacial score (nSPS) is 13.8. The largest absolute Gasteiger partial charge is 0.519 e. The highest BCUT2D eigenvalue weighted by Crippen LogP contribution is 2.37. The van der Waals surface area contributed by atoms with Crippen molar-refractivity contribution in [3.05, 3.63) is 81.1 Å². The molecule has 0 atom stereocenters. The van der Waals surface area contributed by atoms with Gasteiger partial charge in [-0.2, -0.15) is 18.3 Å². The third kappa shape index (κ3) is 4.56. The number of fused-ring (bicyclic) bond motifs is 2. The Bertz CT molecular complexity index is 1720. The van der Waals surface area contributed by atoms with Gasteiger partial charge >= 0.3 is 12.0 Å². The van der Waals surface area contributed by atoms with Crippen molar-refractivity contribution in [1.29, 1.82) is 0 Å². The lowest BCUT2D eigenvalue weighted by Crippen LogP contribution is -2.31. The number of aromatic nitrogens is 5. The van der Waals surface area contributed by atoms with Crippen molar-refractivity contribution in [3.8, 4) is 11.3 Å². The molecule has 4 aromatic heterocycles. The van der Waals surface area contributed by atoms with Crippen molar-refractivity contribution in [2.75, 3.05) is 11.4 Å². The van der Waals surface area contributed by atoms with Gasteiger partial charge in [0, 0.05) is 65.9 Å². The molecule has 1 aliphatic rings. The van der Waals surface area contributed by atoms with Crippen molar-refractivity contribution in [2.24, 2.45) is 0 Å². The van der Waals surface area contributed by atoms with Gasteiger partial charge in [-0.3, -0.25) is 5.10 Å². The molecule has 0 unspecified atom stereocenters. The van der Waals surface area contributed by atoms with Crippen LogP contribution < -0.4 is 10.7 Å². The number of halogens is 4. The van der Waals surface area contributed by atoms with Crippen molar-refractivity contribution < 1.29 is 31.1 Å². The summed E-state index contributed by atoms with van der Waals surface area (Å²) >= 11 is 0. The van der Waals surface area contributed by atoms with Crippen LogP contribution in [0.25, 0.3) is 22.2 Å². The molecule has 2 N–H and O–H groups in total. The highest BCUT2D eigenvalue weighted by atomic mass is 19.4. The minimum atomic E-state index is -4.53. The minimum absolute atomic E-state index is 0.0280. The van der Waals surface area contributed by atoms with E-state index in [1.807, 2.05) is 0 Å². The summed E-state index contributed by atoms with van der Waals surface area (Å²) in [7, 11) is 0. The highest BCUT2D eigenvalue weighted by Gasteiger charge is 2.32. The van der Waals surface area contributed by atoms with Gasteiger partial charge < -0.3 is 23.5 Å². The smallest absolute Gasteiger partial charge is 0.396 e. The Morgan fingerprint density at radius 2 is 1.97 bits per heavy atom. The Kier molecular flexibility index (Phi) is 5.98. The van der Waals surface area contributed by atoms with E-state index in [1.54, 1.807) is 24.1 Å². The summed E-state index contributed by atoms with van der Waals surface area (Å²) in [5.41, 5.74) is 2.45. The Labute approximate surface area is 216 Å². The molecule has 1 aromatic carbocycles. The number of nitrogens with zero attached hydrogens (tertiary/aromatic N) is 4. The molecule has 1 aliphatic heterocycles. The van der Waals surface area contributed by atoms with Crippen molar-refractivity contribution in [1.82, 2.24) is 25.1 Å². The fourth-order valence-electron chi connectivity index (χ4n) is 4.69. The van der Waals surface area contributed by atoms with E-state index in [2.05, 4.69) is 25.1 Å². The van der Waals surface area contributed by atoms with E-state index in [0.717, 1.165) is 18.1 Å². The lowest BCUT2D eigenvalue weighted by atomic mass is 9.97. The van der Waals surface area contributed by atoms with Gasteiger partial charge in [0.25, 0.3) is 0 Å². The predicted octanol–water partition coefficient (Wildman–Crippen LogP) is 4.64. The molecule has 6 rings (SSSR count). The number of H-pyrrole nitrogens is 2. The maximum atomic E-state index is 15.6. The zero-order valence-electron chi connectivity index (χ0n) is 20.4. The van der Waals surface area contributed by atoms with E-state index in [1.165, 1.54) is 6.07 Å². The Balaban J connectivity index is 1.28. The molecule has 39 heavy (non-hydrogen) atoms. The molecule has 0 fully saturated rings. The molecule has 0 radical (unpaired) electrons. The maximum Gasteiger partial charge on any atom is 0.519 e. The molecule has 202 valence electrons. The average molecular weight is 544 g/mol. The van der Waals surface area contributed by atoms with Gasteiger partial charge in [-0.25, -0.2) is 19.2 Å². The summed E-state index contributed by atoms with van der Waals surface area (Å²) < 4.78 is 69.8. The standard InChI is InChI=1S/C25H20F4N6O4/c1-12-19(39-24(36)38-12)11-37-10-13-6-17(26)20(15-2-4-30-21(13)15)22-16-9-35(5-3-18(16)33-34-22)23-31-7-14(8-32-23)25(27,28)29/h2,4,6-8,30H,3,5,9-11H2,1H3,(H,33,34). The summed E-state index contributed by atoms with van der Waals surface area (Å²) in [5, 5.41) is 7.95. The number of hydrogen-bond acceptors (Lipinski definition) is 8. The molecular formula is C25H20F4N6O4. The van der Waals surface area contributed by atoms with Crippen LogP contribution in [0.2, 0.25) is 0 Å². The number of rotatable bonds is 6. The zero-order valence-corrected chi connectivity index (χ0v) is 20.4. The van der Waals surface area contributed by atoms with Crippen LogP contribution in [0, 0.1) is 12.7 Å². The first-order chi connectivity index (χ1) is 18.7. The minimum Gasteiger partial charge on any atom is -0.396 e. The second-order valence-corrected chi connectivity index (χ2v) is 9.06. The molecule has 0 amide bonds. The van der Waals surface area contributed by atoms with Crippen molar-refractivity contribution in [3.63, 3.8) is 0 Å². The number of ether oxygens (including phenoxy) is 1. The van der Waals surface area contributed by atoms with E-state index in [-0.39, 0.29) is 37.0 Å². The molecule has 0 bridgehead atoms. The highest BCUT2D eigenvalue weighted by molar-refractivity contribution is 5.97. The third-order valence-corrected chi connectivity index (χ3v) is 6.62. The molecule has 14 heteroatoms. The molecule has 0 saturated carbocycles. The third-order valence-electron chi connectivity index (χ3n) is 6.62. The molecule has 0 saturated heterocycles. The number of aryl methyl sites for hydroxylation is 1. The first-order valence-corrected chi connectivity index (χ1v) is 11.9. The summed E-state index contributed by atoms with van der Waals surface area (Å²) in [6, 6.07) is 3.09. The van der Waals surface area contributed by atoms with Gasteiger partial charge in [0.1, 0.15) is 23.9 Å². The van der Waals surface area contributed by atoms with E-state index in [9.17, 15) is 18.0 Å². The van der Waals surface area contributed by atoms with E-state index in [0.29, 0.717) is 46.4 Å². The number of anilines is 1. The summed E-state index contributed by atoms with van der Waals surface area (Å²) in [6.07, 6.45) is -0.854. The van der Waals surface area contributed by atoms with E-state index < -0.39 is 23.4 Å². The number of hydrogen-bond donors (Lipinski definition) is 2. The lowest BCUT2D eigenvalue weighted by molar-refractivity contribution is -0.138. The van der Waals surface area contributed by atoms with Gasteiger partial charge in [0.15, 0.2) is 5.76 Å². The van der Waals surface area contributed by atoms with Crippen LogP contribution >= 0.6 is 0 Å². The lowest BCUT2D eigenvalue weighted by Gasteiger charge is -2.27. The fourth-order valence-corrected chi connectivity index (χ4v) is 4.69. The molecule has 0 spiro atoms. The first kappa shape index (κ1) is 24.9. The van der Waals surface area contributed by atoms with Gasteiger partial charge in [-0.1, -0.05) is 0 Å². The van der Waals surface area contributed by atoms with Gasteiger partial charge in [-0.05, 0) is 19.1 Å². The van der Waals surface area contributed by atoms with Crippen LogP contribution in [-0.4, -0.2) is 31.7 Å². The van der Waals surface area contributed by atoms with Crippen LogP contribution in [0.4, 0.5) is 23.5 Å². The number of nitrogens with one attached hydrogen (secondary N) is 2. The number of benzene rings is 1. The Morgan fingerprint density at radius 1 is 1.18 bits per heavy atom. The summed E-state index contributed by atoms with van der Waals surface area (Å²) in [6.45, 7) is 2.27. The molecular weight excluding hydrogens is 524 g/mol. The summed E-state index contributed by atoms with van der Waals surface area (Å²) in [5.74, 6) is -0.637. The number of aromatic amines is 2. The first-order valence-electron chi connectivity index (χ1n) is 11.9. The molecule has 10 nitrogen and oxygen atoms in total. The van der Waals surface area contributed by atoms with Gasteiger partial charge in [0.05, 0.1) is 17.7 Å². The van der Waals surface area contributed by atoms with Crippen LogP contribution in [0.1, 0.15) is 33.9 Å². The molecule has 0 aliphatic carbocycles. The van der Waals surface area contributed by atoms with Gasteiger partial charge in [-0.15, -0.1) is 0 Å². The summed E-state index contributed by atoms with van der Waals surface area (Å²) in [4.78, 5) is 23.9. The molecule has 5 heterocycles. The fraction of sp³-hybridized carbons (Fsp3) is 0.280. The van der Waals surface area contributed by atoms with Gasteiger partial charge in [0.2, 0.25) is 5.95 Å². The van der Waals surface area contributed by atoms with Crippen molar-refractivity contribution >= 4 is 16.9 Å². The van der Waals surface area contributed by atoms with E-state index >= 15 is 4.39 Å². The van der Waals surface area contributed by atoms with Crippen LogP contribution in [0.15, 0.2) is 44.4 Å². The maximum absolute atomic E-state index is 15.6. The van der Waals surface area contributed by atoms with Crippen LogP contribution in [-0.2, 0) is 37.1 Å². The second-order valence-electron chi connectivity index (χ2n) is 9.06. The Hall–Kier alpha value is -4.46. The quantitative estimate of drug-likeness (QED) is 0.296. The molecule has 5 aromatic rings. The SMILES string of the molecule is Cc1oc(=O)oc1COCc1cc(F)c(-c2n[nH]c3c2CN(c2ncc(C(F)(F)F)cn2)CC3)c2cc[nH]c12. The van der Waals surface area contributed by atoms with E-state index in [4.69, 9.17) is 13.6 Å². The van der Waals surface area contributed by atoms with Crippen molar-refractivity contribution in [2.45, 2.75) is 39.3 Å². The topological polar surface area (TPSA) is 126 Å². The predicted molar refractivity (Wildman–Crippen MR) is 128 cm³/mol. The van der Waals surface area contributed by atoms with Crippen LogP contribution in [0.5, 0.6) is 0 Å². The number of alkyl halides is 3. The zero-order chi connectivity index (χ0) is 27.3. The monoisotopic (exact) mass is 544 g/mol. The van der Waals surface area contributed by atoms with Crippen LogP contribution in [0.3, 0.4) is 0 Å². The Morgan fingerprint density at radius 3 is 2.69 bits per heavy atom. The second kappa shape index (κ2) is 9.38.